The molecule has 0 radical (unpaired) electrons. The topological polar surface area (TPSA) is 184 Å². The predicted molar refractivity (Wildman–Crippen MR) is 148 cm³/mol. The van der Waals surface area contributed by atoms with Crippen LogP contribution in [0, 0.1) is 17.2 Å². The van der Waals surface area contributed by atoms with Crippen LogP contribution in [0.25, 0.3) is 0 Å². The first-order valence-electron chi connectivity index (χ1n) is 13.9. The summed E-state index contributed by atoms with van der Waals surface area (Å²) in [7, 11) is 0. The molecule has 2 aromatic carbocycles. The van der Waals surface area contributed by atoms with Gasteiger partial charge >= 0.3 is 0 Å². The average Bonchev–Trinajstić information content (AvgIpc) is 3.35. The van der Waals surface area contributed by atoms with Crippen molar-refractivity contribution < 1.29 is 14.4 Å². The quantitative estimate of drug-likeness (QED) is 0.325. The molecule has 210 valence electrons. The predicted octanol–water partition coefficient (Wildman–Crippen LogP) is 1.32. The van der Waals surface area contributed by atoms with Gasteiger partial charge in [0, 0.05) is 23.2 Å². The highest BCUT2D eigenvalue weighted by Crippen LogP contribution is 2.48. The van der Waals surface area contributed by atoms with Crippen molar-refractivity contribution in [3.05, 3.63) is 81.9 Å². The minimum atomic E-state index is -0.857. The number of amides is 3. The summed E-state index contributed by atoms with van der Waals surface area (Å²) in [5.41, 5.74) is 15.0. The lowest BCUT2D eigenvalue weighted by atomic mass is 9.67. The van der Waals surface area contributed by atoms with Crippen molar-refractivity contribution >= 4 is 17.7 Å². The standard InChI is InChI=1S/C30H32N8O3/c1-16(34-14-26(39)38-22(13-31)10-21-11-25(21)38)12-30(29-35-15-36-37-29)23-6-4-19(27(32)40)8-17(23)2-3-18-9-20(28(33)41)5-7-24(18)30/h4-9,15-16,21-22,25,34H,2-3,10-12,14H2,1H3,(H2,32,40)(H2,33,41)(H,35,36,37)/t16-,21-,22+,25+/m1/s1. The number of nitrogens with one attached hydrogen (secondary N) is 2. The lowest BCUT2D eigenvalue weighted by molar-refractivity contribution is -0.131. The van der Waals surface area contributed by atoms with Crippen LogP contribution in [0.15, 0.2) is 42.7 Å². The second kappa shape index (κ2) is 10.1. The van der Waals surface area contributed by atoms with Crippen molar-refractivity contribution in [2.75, 3.05) is 6.54 Å². The van der Waals surface area contributed by atoms with E-state index in [1.54, 1.807) is 17.0 Å². The molecule has 4 atom stereocenters. The maximum atomic E-state index is 13.2. The van der Waals surface area contributed by atoms with Gasteiger partial charge in [-0.3, -0.25) is 14.4 Å². The number of benzene rings is 2. The molecule has 41 heavy (non-hydrogen) atoms. The highest BCUT2D eigenvalue weighted by atomic mass is 16.2. The zero-order valence-electron chi connectivity index (χ0n) is 22.8. The number of aryl methyl sites for hydroxylation is 2. The average molecular weight is 553 g/mol. The number of hydrogen-bond acceptors (Lipinski definition) is 7. The Morgan fingerprint density at radius 1 is 1.10 bits per heavy atom. The smallest absolute Gasteiger partial charge is 0.248 e. The number of likely N-dealkylation sites (tertiary alicyclic amines) is 1. The van der Waals surface area contributed by atoms with Gasteiger partial charge in [0.05, 0.1) is 18.0 Å². The summed E-state index contributed by atoms with van der Waals surface area (Å²) in [6.07, 6.45) is 4.95. The molecule has 3 amide bonds. The summed E-state index contributed by atoms with van der Waals surface area (Å²) in [4.78, 5) is 42.4. The largest absolute Gasteiger partial charge is 0.366 e. The molecule has 6 N–H and O–H groups in total. The third-order valence-corrected chi connectivity index (χ3v) is 8.94. The van der Waals surface area contributed by atoms with Gasteiger partial charge in [-0.1, -0.05) is 12.1 Å². The zero-order valence-corrected chi connectivity index (χ0v) is 22.8. The van der Waals surface area contributed by atoms with E-state index in [-0.39, 0.29) is 30.6 Å². The Labute approximate surface area is 237 Å². The Kier molecular flexibility index (Phi) is 6.58. The van der Waals surface area contributed by atoms with E-state index in [2.05, 4.69) is 26.6 Å². The lowest BCUT2D eigenvalue weighted by Gasteiger charge is -2.37. The highest BCUT2D eigenvalue weighted by Gasteiger charge is 2.54. The molecule has 2 fully saturated rings. The van der Waals surface area contributed by atoms with E-state index in [4.69, 9.17) is 11.5 Å². The Balaban J connectivity index is 1.40. The fraction of sp³-hybridized carbons (Fsp3) is 0.400. The number of aromatic nitrogens is 3. The fourth-order valence-electron chi connectivity index (χ4n) is 6.96. The molecule has 3 aliphatic rings. The van der Waals surface area contributed by atoms with Crippen LogP contribution in [0.4, 0.5) is 0 Å². The number of nitriles is 1. The third kappa shape index (κ3) is 4.54. The molecule has 2 heterocycles. The number of nitrogens with zero attached hydrogens (tertiary/aromatic N) is 4. The Bertz CT molecular complexity index is 1510. The Morgan fingerprint density at radius 3 is 2.27 bits per heavy atom. The number of fused-ring (bicyclic) bond motifs is 3. The van der Waals surface area contributed by atoms with E-state index in [1.165, 1.54) is 6.33 Å². The van der Waals surface area contributed by atoms with Gasteiger partial charge in [0.15, 0.2) is 0 Å². The molecule has 0 spiro atoms. The Morgan fingerprint density at radius 2 is 1.73 bits per heavy atom. The minimum Gasteiger partial charge on any atom is -0.366 e. The van der Waals surface area contributed by atoms with Crippen LogP contribution in [0.1, 0.15) is 75.0 Å². The molecule has 1 saturated carbocycles. The normalized spacial score (nSPS) is 22.4. The Hall–Kier alpha value is -4.56. The summed E-state index contributed by atoms with van der Waals surface area (Å²) in [6.45, 7) is 2.12. The molecule has 0 bridgehead atoms. The molecule has 3 aromatic rings. The van der Waals surface area contributed by atoms with Crippen molar-refractivity contribution in [2.24, 2.45) is 17.4 Å². The van der Waals surface area contributed by atoms with Crippen LogP contribution in [-0.2, 0) is 23.1 Å². The number of H-pyrrole nitrogens is 1. The summed E-state index contributed by atoms with van der Waals surface area (Å²) < 4.78 is 0. The van der Waals surface area contributed by atoms with E-state index in [9.17, 15) is 19.6 Å². The molecule has 2 aliphatic carbocycles. The van der Waals surface area contributed by atoms with Crippen molar-refractivity contribution in [3.8, 4) is 6.07 Å². The summed E-state index contributed by atoms with van der Waals surface area (Å²) in [6, 6.07) is 12.8. The number of primary amides is 2. The van der Waals surface area contributed by atoms with E-state index in [1.807, 2.05) is 31.2 Å². The number of carbonyl (C=O) groups excluding carboxylic acids is 3. The number of rotatable bonds is 8. The summed E-state index contributed by atoms with van der Waals surface area (Å²) >= 11 is 0. The number of aromatic amines is 1. The van der Waals surface area contributed by atoms with Crippen LogP contribution in [0.3, 0.4) is 0 Å². The van der Waals surface area contributed by atoms with E-state index in [0.29, 0.717) is 42.1 Å². The minimum absolute atomic E-state index is 0.0685. The monoisotopic (exact) mass is 552 g/mol. The second-order valence-electron chi connectivity index (χ2n) is 11.4. The van der Waals surface area contributed by atoms with Gasteiger partial charge < -0.3 is 26.7 Å². The van der Waals surface area contributed by atoms with Crippen LogP contribution >= 0.6 is 0 Å². The number of hydrogen-bond donors (Lipinski definition) is 4. The van der Waals surface area contributed by atoms with Crippen molar-refractivity contribution in [2.45, 2.75) is 62.6 Å². The lowest BCUT2D eigenvalue weighted by Crippen LogP contribution is -2.46. The van der Waals surface area contributed by atoms with E-state index < -0.39 is 17.2 Å². The summed E-state index contributed by atoms with van der Waals surface area (Å²) in [5.74, 6) is -0.0449. The summed E-state index contributed by atoms with van der Waals surface area (Å²) in [5, 5.41) is 21.5. The first-order valence-corrected chi connectivity index (χ1v) is 13.9. The van der Waals surface area contributed by atoms with Crippen LogP contribution < -0.4 is 16.8 Å². The number of piperidine rings is 1. The van der Waals surface area contributed by atoms with Gasteiger partial charge in [-0.25, -0.2) is 0 Å². The first-order chi connectivity index (χ1) is 19.7. The van der Waals surface area contributed by atoms with Gasteiger partial charge in [0.2, 0.25) is 17.7 Å². The van der Waals surface area contributed by atoms with E-state index in [0.717, 1.165) is 35.1 Å². The van der Waals surface area contributed by atoms with Gasteiger partial charge in [-0.2, -0.15) is 5.26 Å². The van der Waals surface area contributed by atoms with Gasteiger partial charge in [-0.15, -0.1) is 10.2 Å². The molecule has 1 saturated heterocycles. The maximum absolute atomic E-state index is 13.2. The zero-order chi connectivity index (χ0) is 28.9. The highest BCUT2D eigenvalue weighted by molar-refractivity contribution is 5.94. The molecule has 1 aliphatic heterocycles. The van der Waals surface area contributed by atoms with Crippen LogP contribution in [-0.4, -0.2) is 62.5 Å². The van der Waals surface area contributed by atoms with E-state index >= 15 is 0 Å². The number of carbonyl (C=O) groups is 3. The maximum Gasteiger partial charge on any atom is 0.248 e. The third-order valence-electron chi connectivity index (χ3n) is 8.94. The van der Waals surface area contributed by atoms with Gasteiger partial charge in [0.1, 0.15) is 18.2 Å². The second-order valence-corrected chi connectivity index (χ2v) is 11.4. The van der Waals surface area contributed by atoms with Gasteiger partial charge in [-0.05, 0) is 91.5 Å². The molecular formula is C30H32N8O3. The molecule has 11 heteroatoms. The van der Waals surface area contributed by atoms with Crippen molar-refractivity contribution in [1.82, 2.24) is 25.4 Å². The van der Waals surface area contributed by atoms with Gasteiger partial charge in [0.25, 0.3) is 0 Å². The molecule has 0 unspecified atom stereocenters. The fourth-order valence-corrected chi connectivity index (χ4v) is 6.96. The molecule has 1 aromatic heterocycles. The van der Waals surface area contributed by atoms with Crippen LogP contribution in [0.5, 0.6) is 0 Å². The molecular weight excluding hydrogens is 520 g/mol. The van der Waals surface area contributed by atoms with Crippen LogP contribution in [0.2, 0.25) is 0 Å². The van der Waals surface area contributed by atoms with Crippen molar-refractivity contribution in [3.63, 3.8) is 0 Å². The number of nitrogens with two attached hydrogens (primary N) is 2. The SMILES string of the molecule is C[C@H](CC1(c2nnc[nH]2)c2ccc(C(N)=O)cc2CCc2cc(C(N)=O)ccc21)NCC(=O)N1[C@H](C#N)C[C@@H]2C[C@@H]21. The molecule has 6 rings (SSSR count). The molecule has 11 nitrogen and oxygen atoms in total. The van der Waals surface area contributed by atoms with Crippen molar-refractivity contribution in [1.29, 1.82) is 5.26 Å². The first kappa shape index (κ1) is 26.7.